The van der Waals surface area contributed by atoms with E-state index in [9.17, 15) is 28.3 Å². The highest BCUT2D eigenvalue weighted by atomic mass is 35.5. The van der Waals surface area contributed by atoms with Gasteiger partial charge in [0.15, 0.2) is 6.04 Å². The van der Waals surface area contributed by atoms with Gasteiger partial charge in [-0.1, -0.05) is 30.7 Å². The van der Waals surface area contributed by atoms with Gasteiger partial charge >= 0.3 is 12.1 Å². The molecule has 2 unspecified atom stereocenters. The molecule has 0 fully saturated rings. The summed E-state index contributed by atoms with van der Waals surface area (Å²) < 4.78 is 40.7. The van der Waals surface area contributed by atoms with Crippen LogP contribution in [-0.2, 0) is 11.0 Å². The van der Waals surface area contributed by atoms with Gasteiger partial charge in [0.25, 0.3) is 0 Å². The molecule has 2 atom stereocenters. The van der Waals surface area contributed by atoms with Gasteiger partial charge in [0.2, 0.25) is 0 Å². The number of alkyl halides is 3. The molecule has 2 aromatic rings. The Kier molecular flexibility index (Phi) is 4.17. The Bertz CT molecular complexity index is 836. The van der Waals surface area contributed by atoms with Crippen molar-refractivity contribution in [3.8, 4) is 11.1 Å². The number of halogens is 4. The second-order valence-electron chi connectivity index (χ2n) is 5.88. The predicted molar refractivity (Wildman–Crippen MR) is 86.0 cm³/mol. The molecular weight excluding hydrogens is 359 g/mol. The SMILES string of the molecule is CC1c2c(cc(-c3ccc(Cl)cc3)cc2C(F)(F)F)N(O)C1C(=O)O. The minimum atomic E-state index is -4.69. The first-order chi connectivity index (χ1) is 11.6. The number of nitrogens with zero attached hydrogens (tertiary/aromatic N) is 1. The molecule has 1 heterocycles. The van der Waals surface area contributed by atoms with Crippen LogP contribution in [0.25, 0.3) is 11.1 Å². The van der Waals surface area contributed by atoms with Crippen LogP contribution in [0.1, 0.15) is 24.0 Å². The molecule has 0 bridgehead atoms. The zero-order valence-corrected chi connectivity index (χ0v) is 13.6. The van der Waals surface area contributed by atoms with Crippen molar-refractivity contribution in [3.05, 3.63) is 52.5 Å². The van der Waals surface area contributed by atoms with E-state index in [2.05, 4.69) is 0 Å². The number of hydroxylamine groups is 1. The number of aliphatic carboxylic acids is 1. The molecule has 132 valence electrons. The zero-order valence-electron chi connectivity index (χ0n) is 12.9. The number of fused-ring (bicyclic) bond motifs is 1. The third-order valence-corrected chi connectivity index (χ3v) is 4.59. The molecule has 2 N–H and O–H groups in total. The summed E-state index contributed by atoms with van der Waals surface area (Å²) >= 11 is 5.80. The molecule has 2 aromatic carbocycles. The standard InChI is InChI=1S/C17H13ClF3NO3/c1-8-14-12(17(19,20)21)6-10(9-2-4-11(18)5-3-9)7-13(14)22(25)15(8)16(23)24/h2-8,15,25H,1H3,(H,23,24). The molecule has 0 aromatic heterocycles. The second kappa shape index (κ2) is 5.93. The van der Waals surface area contributed by atoms with Gasteiger partial charge in [-0.05, 0) is 41.0 Å². The highest BCUT2D eigenvalue weighted by Crippen LogP contribution is 2.48. The number of rotatable bonds is 2. The van der Waals surface area contributed by atoms with Crippen LogP contribution in [0.15, 0.2) is 36.4 Å². The summed E-state index contributed by atoms with van der Waals surface area (Å²) in [4.78, 5) is 11.3. The highest BCUT2D eigenvalue weighted by molar-refractivity contribution is 6.30. The highest BCUT2D eigenvalue weighted by Gasteiger charge is 2.47. The average Bonchev–Trinajstić information content (AvgIpc) is 2.77. The number of carbonyl (C=O) groups is 1. The third-order valence-electron chi connectivity index (χ3n) is 4.33. The maximum Gasteiger partial charge on any atom is 0.416 e. The number of carboxylic acids is 1. The van der Waals surface area contributed by atoms with Gasteiger partial charge in [-0.2, -0.15) is 13.2 Å². The first kappa shape index (κ1) is 17.6. The van der Waals surface area contributed by atoms with E-state index >= 15 is 0 Å². The summed E-state index contributed by atoms with van der Waals surface area (Å²) in [5.74, 6) is -2.42. The molecule has 25 heavy (non-hydrogen) atoms. The maximum absolute atomic E-state index is 13.6. The molecule has 1 aliphatic heterocycles. The summed E-state index contributed by atoms with van der Waals surface area (Å²) in [5.41, 5.74) is -0.650. The Morgan fingerprint density at radius 2 is 1.76 bits per heavy atom. The normalized spacial score (nSPS) is 19.8. The first-order valence-electron chi connectivity index (χ1n) is 7.33. The van der Waals surface area contributed by atoms with E-state index in [-0.39, 0.29) is 16.8 Å². The summed E-state index contributed by atoms with van der Waals surface area (Å²) in [6.07, 6.45) is -4.69. The van der Waals surface area contributed by atoms with Crippen molar-refractivity contribution >= 4 is 23.3 Å². The van der Waals surface area contributed by atoms with Gasteiger partial charge in [-0.25, -0.2) is 9.86 Å². The fourth-order valence-corrected chi connectivity index (χ4v) is 3.31. The van der Waals surface area contributed by atoms with Crippen molar-refractivity contribution in [2.45, 2.75) is 25.1 Å². The van der Waals surface area contributed by atoms with Crippen LogP contribution in [0.3, 0.4) is 0 Å². The van der Waals surface area contributed by atoms with Crippen LogP contribution in [0.5, 0.6) is 0 Å². The van der Waals surface area contributed by atoms with Crippen LogP contribution in [0.4, 0.5) is 18.9 Å². The van der Waals surface area contributed by atoms with Gasteiger partial charge in [0.05, 0.1) is 11.3 Å². The van der Waals surface area contributed by atoms with Crippen LogP contribution >= 0.6 is 11.6 Å². The number of carboxylic acid groups (broad SMARTS) is 1. The summed E-state index contributed by atoms with van der Waals surface area (Å²) in [6.45, 7) is 1.35. The van der Waals surface area contributed by atoms with E-state index in [1.807, 2.05) is 0 Å². The van der Waals surface area contributed by atoms with E-state index in [4.69, 9.17) is 11.6 Å². The van der Waals surface area contributed by atoms with Crippen LogP contribution in [-0.4, -0.2) is 22.3 Å². The smallest absolute Gasteiger partial charge is 0.416 e. The molecule has 0 amide bonds. The van der Waals surface area contributed by atoms with Gasteiger partial charge in [-0.3, -0.25) is 5.21 Å². The second-order valence-corrected chi connectivity index (χ2v) is 6.31. The van der Waals surface area contributed by atoms with Gasteiger partial charge in [-0.15, -0.1) is 0 Å². The number of benzene rings is 2. The fraction of sp³-hybridized carbons (Fsp3) is 0.235. The lowest BCUT2D eigenvalue weighted by molar-refractivity contribution is -0.141. The lowest BCUT2D eigenvalue weighted by Crippen LogP contribution is -2.37. The molecule has 4 nitrogen and oxygen atoms in total. The Morgan fingerprint density at radius 3 is 2.28 bits per heavy atom. The summed E-state index contributed by atoms with van der Waals surface area (Å²) in [6, 6.07) is 7.03. The Morgan fingerprint density at radius 1 is 1.16 bits per heavy atom. The van der Waals surface area contributed by atoms with Crippen molar-refractivity contribution in [2.24, 2.45) is 0 Å². The number of hydrogen-bond donors (Lipinski definition) is 2. The number of hydrogen-bond acceptors (Lipinski definition) is 3. The lowest BCUT2D eigenvalue weighted by atomic mass is 9.90. The lowest BCUT2D eigenvalue weighted by Gasteiger charge is -2.18. The Labute approximate surface area is 146 Å². The van der Waals surface area contributed by atoms with Crippen molar-refractivity contribution < 1.29 is 28.3 Å². The monoisotopic (exact) mass is 371 g/mol. The predicted octanol–water partition coefficient (Wildman–Crippen LogP) is 4.79. The molecule has 0 saturated carbocycles. The molecule has 1 aliphatic rings. The molecule has 0 aliphatic carbocycles. The fourth-order valence-electron chi connectivity index (χ4n) is 3.19. The van der Waals surface area contributed by atoms with Crippen LogP contribution in [0, 0.1) is 0 Å². The number of anilines is 1. The van der Waals surface area contributed by atoms with Crippen LogP contribution in [0.2, 0.25) is 5.02 Å². The summed E-state index contributed by atoms with van der Waals surface area (Å²) in [7, 11) is 0. The third kappa shape index (κ3) is 2.94. The molecule has 0 saturated heterocycles. The Balaban J connectivity index is 2.24. The molecule has 0 radical (unpaired) electrons. The average molecular weight is 372 g/mol. The largest absolute Gasteiger partial charge is 0.480 e. The quantitative estimate of drug-likeness (QED) is 0.796. The summed E-state index contributed by atoms with van der Waals surface area (Å²) in [5, 5.41) is 20.2. The van der Waals surface area contributed by atoms with E-state index in [0.29, 0.717) is 15.6 Å². The van der Waals surface area contributed by atoms with E-state index < -0.39 is 29.7 Å². The molecule has 0 spiro atoms. The van der Waals surface area contributed by atoms with Gasteiger partial charge < -0.3 is 5.11 Å². The van der Waals surface area contributed by atoms with Gasteiger partial charge in [0, 0.05) is 10.9 Å². The zero-order chi connectivity index (χ0) is 18.5. The van der Waals surface area contributed by atoms with E-state index in [1.54, 1.807) is 12.1 Å². The van der Waals surface area contributed by atoms with Crippen LogP contribution < -0.4 is 5.06 Å². The van der Waals surface area contributed by atoms with Crippen molar-refractivity contribution in [3.63, 3.8) is 0 Å². The van der Waals surface area contributed by atoms with Crippen molar-refractivity contribution in [1.82, 2.24) is 0 Å². The van der Waals surface area contributed by atoms with Gasteiger partial charge in [0.1, 0.15) is 0 Å². The molecule has 3 rings (SSSR count). The minimum Gasteiger partial charge on any atom is -0.480 e. The topological polar surface area (TPSA) is 60.8 Å². The van der Waals surface area contributed by atoms with Crippen molar-refractivity contribution in [1.29, 1.82) is 0 Å². The van der Waals surface area contributed by atoms with E-state index in [1.165, 1.54) is 25.1 Å². The maximum atomic E-state index is 13.6. The first-order valence-corrected chi connectivity index (χ1v) is 7.71. The van der Waals surface area contributed by atoms with Crippen molar-refractivity contribution in [2.75, 3.05) is 5.06 Å². The Hall–Kier alpha value is -2.25. The minimum absolute atomic E-state index is 0.153. The van der Waals surface area contributed by atoms with E-state index in [0.717, 1.165) is 6.07 Å². The molecule has 8 heteroatoms. The molecular formula is C17H13ClF3NO3.